The molecule has 0 unspecified atom stereocenters. The number of hydrogen-bond donors (Lipinski definition) is 1. The number of carbonyl (C=O) groups excluding carboxylic acids is 1. The van der Waals surface area contributed by atoms with E-state index in [1.807, 2.05) is 6.07 Å². The molecular weight excluding hydrogens is 492 g/mol. The SMILES string of the molecule is Cc1cc(C)cc(C(=O)OC[C@H](C[C@H](F)C=N)OS(=O)(=O)c2cc(Cl)c(Cl)cc2Cl)c1. The van der Waals surface area contributed by atoms with Gasteiger partial charge in [-0.1, -0.05) is 52.0 Å². The molecule has 0 radical (unpaired) electrons. The molecule has 0 saturated carbocycles. The van der Waals surface area contributed by atoms with Crippen molar-refractivity contribution in [1.82, 2.24) is 0 Å². The van der Waals surface area contributed by atoms with E-state index in [1.165, 1.54) is 0 Å². The maximum Gasteiger partial charge on any atom is 0.338 e. The van der Waals surface area contributed by atoms with Crippen LogP contribution in [0.5, 0.6) is 0 Å². The van der Waals surface area contributed by atoms with Gasteiger partial charge in [-0.3, -0.25) is 4.18 Å². The molecule has 0 spiro atoms. The average molecular weight is 511 g/mol. The molecule has 11 heteroatoms. The molecule has 0 amide bonds. The van der Waals surface area contributed by atoms with Gasteiger partial charge in [0, 0.05) is 12.6 Å². The fourth-order valence-electron chi connectivity index (χ4n) is 2.73. The molecule has 0 aliphatic carbocycles. The maximum atomic E-state index is 13.8. The standard InChI is InChI=1S/C20H19Cl3FNO5S/c1-11-3-12(2)5-13(4-11)20(26)29-10-15(6-14(24)9-25)30-31(27,28)19-8-17(22)16(21)7-18(19)23/h3-5,7-9,14-15,25H,6,10H2,1-2H3/t14-,15-/m0/s1. The predicted molar refractivity (Wildman–Crippen MR) is 118 cm³/mol. The number of alkyl halides is 1. The van der Waals surface area contributed by atoms with Crippen molar-refractivity contribution in [2.75, 3.05) is 6.61 Å². The van der Waals surface area contributed by atoms with E-state index in [9.17, 15) is 17.6 Å². The van der Waals surface area contributed by atoms with Crippen LogP contribution in [0.4, 0.5) is 4.39 Å². The van der Waals surface area contributed by atoms with Crippen molar-refractivity contribution in [3.8, 4) is 0 Å². The van der Waals surface area contributed by atoms with Gasteiger partial charge in [-0.2, -0.15) is 8.42 Å². The Morgan fingerprint density at radius 2 is 1.65 bits per heavy atom. The smallest absolute Gasteiger partial charge is 0.338 e. The zero-order valence-corrected chi connectivity index (χ0v) is 19.6. The van der Waals surface area contributed by atoms with Gasteiger partial charge in [-0.05, 0) is 38.1 Å². The van der Waals surface area contributed by atoms with E-state index in [1.54, 1.807) is 26.0 Å². The normalized spacial score (nSPS) is 13.5. The van der Waals surface area contributed by atoms with E-state index in [0.29, 0.717) is 6.21 Å². The Hall–Kier alpha value is -1.71. The Kier molecular flexibility index (Phi) is 8.85. The van der Waals surface area contributed by atoms with Gasteiger partial charge in [0.15, 0.2) is 0 Å². The molecule has 0 fully saturated rings. The third-order valence-electron chi connectivity index (χ3n) is 4.03. The summed E-state index contributed by atoms with van der Waals surface area (Å²) in [6.07, 6.45) is -3.28. The van der Waals surface area contributed by atoms with Gasteiger partial charge < -0.3 is 10.1 Å². The van der Waals surface area contributed by atoms with E-state index < -0.39 is 46.3 Å². The van der Waals surface area contributed by atoms with Gasteiger partial charge >= 0.3 is 5.97 Å². The molecule has 2 atom stereocenters. The van der Waals surface area contributed by atoms with Crippen molar-refractivity contribution in [2.24, 2.45) is 0 Å². The summed E-state index contributed by atoms with van der Waals surface area (Å²) < 4.78 is 49.4. The number of nitrogens with one attached hydrogen (secondary N) is 1. The van der Waals surface area contributed by atoms with Crippen LogP contribution in [-0.4, -0.2) is 39.5 Å². The summed E-state index contributed by atoms with van der Waals surface area (Å²) in [5.74, 6) is -0.726. The number of benzene rings is 2. The highest BCUT2D eigenvalue weighted by Crippen LogP contribution is 2.33. The maximum absolute atomic E-state index is 13.8. The lowest BCUT2D eigenvalue weighted by molar-refractivity contribution is 0.0282. The predicted octanol–water partition coefficient (Wildman–Crippen LogP) is 5.57. The molecule has 0 aromatic heterocycles. The third kappa shape index (κ3) is 7.15. The number of rotatable bonds is 9. The molecule has 31 heavy (non-hydrogen) atoms. The topological polar surface area (TPSA) is 93.5 Å². The van der Waals surface area contributed by atoms with Crippen molar-refractivity contribution in [1.29, 1.82) is 5.41 Å². The summed E-state index contributed by atoms with van der Waals surface area (Å²) >= 11 is 17.6. The quantitative estimate of drug-likeness (QED) is 0.206. The highest BCUT2D eigenvalue weighted by atomic mass is 35.5. The fourth-order valence-corrected chi connectivity index (χ4v) is 4.78. The second-order valence-electron chi connectivity index (χ2n) is 6.76. The first-order valence-corrected chi connectivity index (χ1v) is 11.4. The van der Waals surface area contributed by atoms with E-state index in [0.717, 1.165) is 23.3 Å². The van der Waals surface area contributed by atoms with Crippen LogP contribution in [0.1, 0.15) is 27.9 Å². The summed E-state index contributed by atoms with van der Waals surface area (Å²) in [6.45, 7) is 3.04. The first kappa shape index (κ1) is 25.5. The minimum atomic E-state index is -4.52. The summed E-state index contributed by atoms with van der Waals surface area (Å²) in [4.78, 5) is 11.9. The Balaban J connectivity index is 2.22. The molecule has 2 rings (SSSR count). The van der Waals surface area contributed by atoms with Crippen LogP contribution in [0.3, 0.4) is 0 Å². The molecule has 0 aliphatic rings. The van der Waals surface area contributed by atoms with Crippen LogP contribution in [-0.2, 0) is 19.0 Å². The van der Waals surface area contributed by atoms with Crippen LogP contribution >= 0.6 is 34.8 Å². The van der Waals surface area contributed by atoms with Crippen molar-refractivity contribution in [2.45, 2.75) is 37.4 Å². The Bertz CT molecular complexity index is 1070. The molecule has 2 aromatic rings. The van der Waals surface area contributed by atoms with Crippen LogP contribution in [0.15, 0.2) is 35.2 Å². The van der Waals surface area contributed by atoms with Crippen molar-refractivity contribution >= 4 is 57.1 Å². The van der Waals surface area contributed by atoms with Gasteiger partial charge in [-0.25, -0.2) is 9.18 Å². The number of halogens is 4. The fraction of sp³-hybridized carbons (Fsp3) is 0.300. The van der Waals surface area contributed by atoms with Crippen molar-refractivity contribution in [3.63, 3.8) is 0 Å². The van der Waals surface area contributed by atoms with E-state index in [4.69, 9.17) is 49.1 Å². The lowest BCUT2D eigenvalue weighted by atomic mass is 10.1. The van der Waals surface area contributed by atoms with Gasteiger partial charge in [0.25, 0.3) is 10.1 Å². The number of ether oxygens (including phenoxy) is 1. The van der Waals surface area contributed by atoms with Gasteiger partial charge in [-0.15, -0.1) is 0 Å². The Morgan fingerprint density at radius 3 is 2.23 bits per heavy atom. The molecule has 168 valence electrons. The molecule has 1 N–H and O–H groups in total. The Labute approximate surface area is 194 Å². The number of aryl methyl sites for hydroxylation is 2. The first-order valence-electron chi connectivity index (χ1n) is 8.91. The van der Waals surface area contributed by atoms with Crippen LogP contribution in [0.25, 0.3) is 0 Å². The largest absolute Gasteiger partial charge is 0.459 e. The van der Waals surface area contributed by atoms with Crippen molar-refractivity contribution < 1.29 is 26.5 Å². The third-order valence-corrected chi connectivity index (χ3v) is 6.58. The zero-order valence-electron chi connectivity index (χ0n) is 16.5. The van der Waals surface area contributed by atoms with Crippen LogP contribution < -0.4 is 0 Å². The van der Waals surface area contributed by atoms with Gasteiger partial charge in [0.05, 0.1) is 20.6 Å². The highest BCUT2D eigenvalue weighted by Gasteiger charge is 2.28. The van der Waals surface area contributed by atoms with Crippen LogP contribution in [0, 0.1) is 19.3 Å². The minimum absolute atomic E-state index is 0.0390. The van der Waals surface area contributed by atoms with Gasteiger partial charge in [0.1, 0.15) is 23.8 Å². The summed E-state index contributed by atoms with van der Waals surface area (Å²) in [6, 6.07) is 7.21. The molecule has 0 heterocycles. The first-order chi connectivity index (χ1) is 14.4. The lowest BCUT2D eigenvalue weighted by Gasteiger charge is -2.19. The molecule has 2 aromatic carbocycles. The van der Waals surface area contributed by atoms with Gasteiger partial charge in [0.2, 0.25) is 0 Å². The van der Waals surface area contributed by atoms with Crippen LogP contribution in [0.2, 0.25) is 15.1 Å². The summed E-state index contributed by atoms with van der Waals surface area (Å²) in [7, 11) is -4.52. The van der Waals surface area contributed by atoms with E-state index >= 15 is 0 Å². The van der Waals surface area contributed by atoms with E-state index in [2.05, 4.69) is 0 Å². The van der Waals surface area contributed by atoms with Crippen molar-refractivity contribution in [3.05, 3.63) is 62.1 Å². The Morgan fingerprint density at radius 1 is 1.06 bits per heavy atom. The summed E-state index contributed by atoms with van der Waals surface area (Å²) in [5, 5.41) is 6.73. The minimum Gasteiger partial charge on any atom is -0.459 e. The number of carbonyl (C=O) groups is 1. The molecule has 0 bridgehead atoms. The average Bonchev–Trinajstić information content (AvgIpc) is 2.67. The second-order valence-corrected chi connectivity index (χ2v) is 9.52. The molecule has 0 saturated heterocycles. The number of esters is 1. The molecular formula is C20H19Cl3FNO5S. The zero-order chi connectivity index (χ0) is 23.3. The van der Waals surface area contributed by atoms with E-state index in [-0.39, 0.29) is 20.6 Å². The molecule has 6 nitrogen and oxygen atoms in total. The summed E-state index contributed by atoms with van der Waals surface area (Å²) in [5.41, 5.74) is 1.93. The number of hydrogen-bond acceptors (Lipinski definition) is 6. The lowest BCUT2D eigenvalue weighted by Crippen LogP contribution is -2.29. The second kappa shape index (κ2) is 10.7. The monoisotopic (exact) mass is 509 g/mol. The highest BCUT2D eigenvalue weighted by molar-refractivity contribution is 7.87. The molecule has 0 aliphatic heterocycles.